The molecule has 0 aromatic carbocycles. The monoisotopic (exact) mass is 212 g/mol. The predicted octanol–water partition coefficient (Wildman–Crippen LogP) is 2.79. The Labute approximate surface area is 95.5 Å². The molecule has 15 heavy (non-hydrogen) atoms. The molecule has 0 heterocycles. The van der Waals surface area contributed by atoms with Crippen molar-refractivity contribution >= 4 is 0 Å². The summed E-state index contributed by atoms with van der Waals surface area (Å²) < 4.78 is 0. The number of hydrogen-bond acceptors (Lipinski definition) is 2. The Kier molecular flexibility index (Phi) is 7.71. The summed E-state index contributed by atoms with van der Waals surface area (Å²) in [6.07, 6.45) is 6.98. The number of rotatable bonds is 8. The van der Waals surface area contributed by atoms with Gasteiger partial charge in [-0.25, -0.2) is 0 Å². The Morgan fingerprint density at radius 1 is 1.13 bits per heavy atom. The molecule has 0 aromatic heterocycles. The number of nitrogens with two attached hydrogens (primary N) is 1. The van der Waals surface area contributed by atoms with E-state index in [1.807, 2.05) is 6.08 Å². The Hall–Kier alpha value is -0.340. The molecule has 0 radical (unpaired) electrons. The summed E-state index contributed by atoms with van der Waals surface area (Å²) in [5, 5.41) is 0. The van der Waals surface area contributed by atoms with Gasteiger partial charge in [0.1, 0.15) is 0 Å². The lowest BCUT2D eigenvalue weighted by Crippen LogP contribution is -2.42. The second-order valence-corrected chi connectivity index (χ2v) is 5.11. The minimum Gasteiger partial charge on any atom is -0.330 e. The molecule has 0 rings (SSSR count). The first kappa shape index (κ1) is 14.7. The van der Waals surface area contributed by atoms with Gasteiger partial charge in [0.2, 0.25) is 0 Å². The smallest absolute Gasteiger partial charge is 0.0165 e. The third-order valence-corrected chi connectivity index (χ3v) is 2.68. The quantitative estimate of drug-likeness (QED) is 0.495. The Morgan fingerprint density at radius 2 is 1.73 bits per heavy atom. The summed E-state index contributed by atoms with van der Waals surface area (Å²) in [6, 6.07) is 0. The van der Waals surface area contributed by atoms with Crippen LogP contribution in [0.4, 0.5) is 0 Å². The van der Waals surface area contributed by atoms with E-state index in [0.29, 0.717) is 0 Å². The maximum absolute atomic E-state index is 5.46. The first-order valence-corrected chi connectivity index (χ1v) is 6.08. The highest BCUT2D eigenvalue weighted by molar-refractivity contribution is 4.82. The fourth-order valence-corrected chi connectivity index (χ4v) is 1.66. The molecule has 0 saturated heterocycles. The molecule has 0 amide bonds. The molecular weight excluding hydrogens is 184 g/mol. The summed E-state index contributed by atoms with van der Waals surface area (Å²) >= 11 is 0. The van der Waals surface area contributed by atoms with Crippen LogP contribution in [0.15, 0.2) is 12.7 Å². The Morgan fingerprint density at radius 3 is 2.20 bits per heavy atom. The second-order valence-electron chi connectivity index (χ2n) is 5.11. The normalized spacial score (nSPS) is 12.1. The van der Waals surface area contributed by atoms with Crippen LogP contribution >= 0.6 is 0 Å². The number of hydrogen-bond donors (Lipinski definition) is 1. The Bertz CT molecular complexity index is 158. The number of nitrogens with zero attached hydrogens (tertiary/aromatic N) is 1. The van der Waals surface area contributed by atoms with Crippen LogP contribution in [-0.4, -0.2) is 30.1 Å². The predicted molar refractivity (Wildman–Crippen MR) is 69.0 cm³/mol. The fourth-order valence-electron chi connectivity index (χ4n) is 1.66. The fraction of sp³-hybridized carbons (Fsp3) is 0.846. The topological polar surface area (TPSA) is 29.3 Å². The molecule has 2 heteroatoms. The average molecular weight is 212 g/mol. The lowest BCUT2D eigenvalue weighted by atomic mass is 10.0. The summed E-state index contributed by atoms with van der Waals surface area (Å²) in [4.78, 5) is 2.47. The third kappa shape index (κ3) is 7.57. The standard InChI is InChI=1S/C13H28N2/c1-5-11-15(13(2,3)4)12-9-7-6-8-10-14/h5H,1,6-12,14H2,2-4H3. The molecule has 2 N–H and O–H groups in total. The zero-order valence-corrected chi connectivity index (χ0v) is 10.8. The van der Waals surface area contributed by atoms with Crippen LogP contribution in [0, 0.1) is 0 Å². The maximum Gasteiger partial charge on any atom is 0.0165 e. The molecule has 0 aliphatic heterocycles. The maximum atomic E-state index is 5.46. The van der Waals surface area contributed by atoms with Gasteiger partial charge in [0.05, 0.1) is 0 Å². The minimum absolute atomic E-state index is 0.252. The molecule has 0 unspecified atom stereocenters. The van der Waals surface area contributed by atoms with Crippen LogP contribution in [-0.2, 0) is 0 Å². The van der Waals surface area contributed by atoms with E-state index in [0.717, 1.165) is 19.5 Å². The van der Waals surface area contributed by atoms with Gasteiger partial charge in [-0.15, -0.1) is 6.58 Å². The third-order valence-electron chi connectivity index (χ3n) is 2.68. The number of unbranched alkanes of at least 4 members (excludes halogenated alkanes) is 3. The van der Waals surface area contributed by atoms with Gasteiger partial charge in [-0.1, -0.05) is 18.9 Å². The lowest BCUT2D eigenvalue weighted by molar-refractivity contribution is 0.151. The lowest BCUT2D eigenvalue weighted by Gasteiger charge is -2.34. The molecule has 2 nitrogen and oxygen atoms in total. The molecule has 90 valence electrons. The van der Waals surface area contributed by atoms with Crippen molar-refractivity contribution < 1.29 is 0 Å². The van der Waals surface area contributed by atoms with Gasteiger partial charge in [-0.2, -0.15) is 0 Å². The zero-order chi connectivity index (χ0) is 11.7. The van der Waals surface area contributed by atoms with Crippen LogP contribution in [0.1, 0.15) is 46.5 Å². The summed E-state index contributed by atoms with van der Waals surface area (Å²) in [5.74, 6) is 0. The molecule has 0 atom stereocenters. The van der Waals surface area contributed by atoms with Crippen molar-refractivity contribution in [3.63, 3.8) is 0 Å². The molecule has 0 spiro atoms. The zero-order valence-electron chi connectivity index (χ0n) is 10.8. The van der Waals surface area contributed by atoms with Gasteiger partial charge in [-0.05, 0) is 46.7 Å². The van der Waals surface area contributed by atoms with E-state index in [-0.39, 0.29) is 5.54 Å². The SMILES string of the molecule is C=CCN(CCCCCCN)C(C)(C)C. The van der Waals surface area contributed by atoms with Crippen molar-refractivity contribution in [3.8, 4) is 0 Å². The van der Waals surface area contributed by atoms with E-state index in [1.54, 1.807) is 0 Å². The average Bonchev–Trinajstić information content (AvgIpc) is 2.14. The molecule has 0 fully saturated rings. The second kappa shape index (κ2) is 7.89. The van der Waals surface area contributed by atoms with E-state index >= 15 is 0 Å². The van der Waals surface area contributed by atoms with Crippen LogP contribution in [0.3, 0.4) is 0 Å². The first-order valence-electron chi connectivity index (χ1n) is 6.08. The largest absolute Gasteiger partial charge is 0.330 e. The van der Waals surface area contributed by atoms with Gasteiger partial charge in [0, 0.05) is 12.1 Å². The first-order chi connectivity index (χ1) is 7.02. The van der Waals surface area contributed by atoms with Gasteiger partial charge in [0.25, 0.3) is 0 Å². The van der Waals surface area contributed by atoms with Crippen molar-refractivity contribution in [1.82, 2.24) is 4.90 Å². The summed E-state index contributed by atoms with van der Waals surface area (Å²) in [6.45, 7) is 13.6. The highest BCUT2D eigenvalue weighted by atomic mass is 15.2. The molecule has 0 bridgehead atoms. The van der Waals surface area contributed by atoms with Crippen LogP contribution in [0.2, 0.25) is 0 Å². The van der Waals surface area contributed by atoms with E-state index in [9.17, 15) is 0 Å². The Balaban J connectivity index is 3.72. The molecule has 0 aliphatic rings. The van der Waals surface area contributed by atoms with E-state index in [4.69, 9.17) is 5.73 Å². The minimum atomic E-state index is 0.252. The summed E-state index contributed by atoms with van der Waals surface area (Å²) in [5.41, 5.74) is 5.72. The van der Waals surface area contributed by atoms with Gasteiger partial charge < -0.3 is 5.73 Å². The van der Waals surface area contributed by atoms with E-state index in [1.165, 1.54) is 25.8 Å². The molecule has 0 saturated carbocycles. The van der Waals surface area contributed by atoms with Crippen LogP contribution in [0.25, 0.3) is 0 Å². The highest BCUT2D eigenvalue weighted by Gasteiger charge is 2.18. The van der Waals surface area contributed by atoms with Crippen LogP contribution < -0.4 is 5.73 Å². The van der Waals surface area contributed by atoms with Crippen molar-refractivity contribution in [2.75, 3.05) is 19.6 Å². The molecule has 0 aliphatic carbocycles. The van der Waals surface area contributed by atoms with Crippen LogP contribution in [0.5, 0.6) is 0 Å². The van der Waals surface area contributed by atoms with Crippen molar-refractivity contribution in [2.24, 2.45) is 5.73 Å². The van der Waals surface area contributed by atoms with Gasteiger partial charge in [0.15, 0.2) is 0 Å². The van der Waals surface area contributed by atoms with Crippen molar-refractivity contribution in [3.05, 3.63) is 12.7 Å². The van der Waals surface area contributed by atoms with Crippen molar-refractivity contribution in [1.29, 1.82) is 0 Å². The summed E-state index contributed by atoms with van der Waals surface area (Å²) in [7, 11) is 0. The van der Waals surface area contributed by atoms with Gasteiger partial charge >= 0.3 is 0 Å². The van der Waals surface area contributed by atoms with Crippen molar-refractivity contribution in [2.45, 2.75) is 52.0 Å². The molecule has 0 aromatic rings. The van der Waals surface area contributed by atoms with E-state index < -0.39 is 0 Å². The molecular formula is C13H28N2. The highest BCUT2D eigenvalue weighted by Crippen LogP contribution is 2.14. The van der Waals surface area contributed by atoms with E-state index in [2.05, 4.69) is 32.3 Å². The van der Waals surface area contributed by atoms with Gasteiger partial charge in [-0.3, -0.25) is 4.90 Å².